The highest BCUT2D eigenvalue weighted by atomic mass is 32.2. The smallest absolute Gasteiger partial charge is 0.208 e. The maximum atomic E-state index is 11.9. The Hall–Kier alpha value is -1.13. The number of hydrogen-bond acceptors (Lipinski definition) is 2. The minimum Gasteiger partial charge on any atom is -0.208 e. The zero-order chi connectivity index (χ0) is 12.0. The summed E-state index contributed by atoms with van der Waals surface area (Å²) in [6, 6.07) is 8.31. The normalized spacial score (nSPS) is 13.3. The van der Waals surface area contributed by atoms with Gasteiger partial charge in [-0.1, -0.05) is 24.3 Å². The maximum absolute atomic E-state index is 11.9. The van der Waals surface area contributed by atoms with Crippen LogP contribution in [0.25, 0.3) is 0 Å². The molecule has 1 atom stereocenters. The first kappa shape index (κ1) is 12.9. The van der Waals surface area contributed by atoms with Crippen molar-refractivity contribution in [2.24, 2.45) is 0 Å². The zero-order valence-electron chi connectivity index (χ0n) is 9.39. The highest BCUT2D eigenvalue weighted by Gasteiger charge is 2.15. The van der Waals surface area contributed by atoms with Gasteiger partial charge in [-0.25, -0.2) is 13.1 Å². The molecule has 0 radical (unpaired) electrons. The highest BCUT2D eigenvalue weighted by molar-refractivity contribution is 7.89. The van der Waals surface area contributed by atoms with E-state index in [4.69, 9.17) is 0 Å². The van der Waals surface area contributed by atoms with Gasteiger partial charge in [0.15, 0.2) is 0 Å². The summed E-state index contributed by atoms with van der Waals surface area (Å²) in [6.45, 7) is 5.46. The van der Waals surface area contributed by atoms with Crippen LogP contribution in [0.4, 0.5) is 0 Å². The Balaban J connectivity index is 2.69. The molecule has 0 saturated carbocycles. The molecule has 4 heteroatoms. The Morgan fingerprint density at radius 1 is 1.38 bits per heavy atom. The van der Waals surface area contributed by atoms with E-state index in [0.717, 1.165) is 12.8 Å². The number of benzene rings is 1. The van der Waals surface area contributed by atoms with Gasteiger partial charge in [0.25, 0.3) is 0 Å². The van der Waals surface area contributed by atoms with Gasteiger partial charge < -0.3 is 0 Å². The summed E-state index contributed by atoms with van der Waals surface area (Å²) in [5.74, 6) is 0. The van der Waals surface area contributed by atoms with Gasteiger partial charge in [-0.2, -0.15) is 0 Å². The molecule has 1 aromatic rings. The quantitative estimate of drug-likeness (QED) is 0.774. The lowest BCUT2D eigenvalue weighted by Gasteiger charge is -2.13. The number of allylic oxidation sites excluding steroid dienone is 1. The molecule has 0 fully saturated rings. The van der Waals surface area contributed by atoms with Crippen LogP contribution < -0.4 is 4.72 Å². The van der Waals surface area contributed by atoms with E-state index < -0.39 is 10.0 Å². The van der Waals surface area contributed by atoms with Crippen LogP contribution in [-0.4, -0.2) is 14.5 Å². The lowest BCUT2D eigenvalue weighted by atomic mass is 10.2. The SMILES string of the molecule is C=CCCC(C)NS(=O)(=O)c1ccccc1. The molecular weight excluding hydrogens is 222 g/mol. The van der Waals surface area contributed by atoms with Crippen LogP contribution in [0, 0.1) is 0 Å². The molecule has 0 aliphatic carbocycles. The third kappa shape index (κ3) is 3.79. The van der Waals surface area contributed by atoms with Crippen LogP contribution >= 0.6 is 0 Å². The Kier molecular flexibility index (Phi) is 4.71. The average Bonchev–Trinajstić information content (AvgIpc) is 2.27. The molecule has 0 aliphatic rings. The monoisotopic (exact) mass is 239 g/mol. The fourth-order valence-electron chi connectivity index (χ4n) is 1.36. The van der Waals surface area contributed by atoms with E-state index in [1.165, 1.54) is 0 Å². The summed E-state index contributed by atoms with van der Waals surface area (Å²) in [7, 11) is -3.37. The van der Waals surface area contributed by atoms with E-state index in [9.17, 15) is 8.42 Å². The highest BCUT2D eigenvalue weighted by Crippen LogP contribution is 2.09. The fraction of sp³-hybridized carbons (Fsp3) is 0.333. The molecule has 0 spiro atoms. The lowest BCUT2D eigenvalue weighted by molar-refractivity contribution is 0.549. The van der Waals surface area contributed by atoms with Gasteiger partial charge in [0.2, 0.25) is 10.0 Å². The van der Waals surface area contributed by atoms with E-state index in [1.54, 1.807) is 36.4 Å². The summed E-state index contributed by atoms with van der Waals surface area (Å²) in [5, 5.41) is 0. The Morgan fingerprint density at radius 3 is 2.56 bits per heavy atom. The maximum Gasteiger partial charge on any atom is 0.240 e. The van der Waals surface area contributed by atoms with Crippen LogP contribution in [0.15, 0.2) is 47.9 Å². The first-order chi connectivity index (χ1) is 7.56. The van der Waals surface area contributed by atoms with E-state index in [2.05, 4.69) is 11.3 Å². The van der Waals surface area contributed by atoms with E-state index in [1.807, 2.05) is 6.92 Å². The Bertz CT molecular complexity index is 426. The summed E-state index contributed by atoms with van der Waals surface area (Å²) in [4.78, 5) is 0.306. The second kappa shape index (κ2) is 5.82. The van der Waals surface area contributed by atoms with Crippen LogP contribution in [0.5, 0.6) is 0 Å². The summed E-state index contributed by atoms with van der Waals surface area (Å²) < 4.78 is 26.4. The standard InChI is InChI=1S/C12H17NO2S/c1-3-4-8-11(2)13-16(14,15)12-9-6-5-7-10-12/h3,5-7,9-11,13H,1,4,8H2,2H3. The van der Waals surface area contributed by atoms with Gasteiger partial charge in [-0.3, -0.25) is 0 Å². The predicted octanol–water partition coefficient (Wildman–Crippen LogP) is 2.32. The molecule has 3 nitrogen and oxygen atoms in total. The van der Waals surface area contributed by atoms with Crippen LogP contribution in [0.3, 0.4) is 0 Å². The summed E-state index contributed by atoms with van der Waals surface area (Å²) in [6.07, 6.45) is 3.35. The van der Waals surface area contributed by atoms with Crippen molar-refractivity contribution >= 4 is 10.0 Å². The van der Waals surface area contributed by atoms with Crippen molar-refractivity contribution in [1.82, 2.24) is 4.72 Å². The van der Waals surface area contributed by atoms with E-state index >= 15 is 0 Å². The predicted molar refractivity (Wildman–Crippen MR) is 65.7 cm³/mol. The van der Waals surface area contributed by atoms with Crippen molar-refractivity contribution in [3.63, 3.8) is 0 Å². The van der Waals surface area contributed by atoms with Crippen molar-refractivity contribution < 1.29 is 8.42 Å². The molecule has 0 bridgehead atoms. The molecule has 0 aliphatic heterocycles. The zero-order valence-corrected chi connectivity index (χ0v) is 10.2. The molecule has 1 unspecified atom stereocenters. The van der Waals surface area contributed by atoms with Crippen molar-refractivity contribution in [1.29, 1.82) is 0 Å². The van der Waals surface area contributed by atoms with Crippen molar-refractivity contribution in [2.75, 3.05) is 0 Å². The minimum atomic E-state index is -3.37. The molecule has 0 saturated heterocycles. The largest absolute Gasteiger partial charge is 0.240 e. The molecule has 0 aromatic heterocycles. The van der Waals surface area contributed by atoms with Gasteiger partial charge in [-0.15, -0.1) is 6.58 Å². The molecule has 1 N–H and O–H groups in total. The topological polar surface area (TPSA) is 46.2 Å². The summed E-state index contributed by atoms with van der Waals surface area (Å²) in [5.41, 5.74) is 0. The second-order valence-corrected chi connectivity index (χ2v) is 5.42. The number of sulfonamides is 1. The lowest BCUT2D eigenvalue weighted by Crippen LogP contribution is -2.32. The third-order valence-corrected chi connectivity index (χ3v) is 3.82. The van der Waals surface area contributed by atoms with Crippen molar-refractivity contribution in [2.45, 2.75) is 30.7 Å². The first-order valence-electron chi connectivity index (χ1n) is 5.24. The molecular formula is C12H17NO2S. The molecule has 88 valence electrons. The van der Waals surface area contributed by atoms with Gasteiger partial charge in [0.05, 0.1) is 4.90 Å². The summed E-state index contributed by atoms with van der Waals surface area (Å²) >= 11 is 0. The Labute approximate surface area is 97.2 Å². The van der Waals surface area contributed by atoms with Gasteiger partial charge >= 0.3 is 0 Å². The molecule has 0 heterocycles. The van der Waals surface area contributed by atoms with E-state index in [0.29, 0.717) is 4.90 Å². The van der Waals surface area contributed by atoms with Crippen molar-refractivity contribution in [3.05, 3.63) is 43.0 Å². The average molecular weight is 239 g/mol. The number of hydrogen-bond donors (Lipinski definition) is 1. The first-order valence-corrected chi connectivity index (χ1v) is 6.73. The van der Waals surface area contributed by atoms with Crippen LogP contribution in [0.2, 0.25) is 0 Å². The van der Waals surface area contributed by atoms with Crippen LogP contribution in [0.1, 0.15) is 19.8 Å². The van der Waals surface area contributed by atoms with Crippen molar-refractivity contribution in [3.8, 4) is 0 Å². The molecule has 0 amide bonds. The second-order valence-electron chi connectivity index (χ2n) is 3.70. The Morgan fingerprint density at radius 2 is 2.00 bits per heavy atom. The van der Waals surface area contributed by atoms with Gasteiger partial charge in [0.1, 0.15) is 0 Å². The molecule has 1 aromatic carbocycles. The van der Waals surface area contributed by atoms with Crippen LogP contribution in [-0.2, 0) is 10.0 Å². The van der Waals surface area contributed by atoms with Gasteiger partial charge in [-0.05, 0) is 31.9 Å². The third-order valence-electron chi connectivity index (χ3n) is 2.21. The van der Waals surface area contributed by atoms with E-state index in [-0.39, 0.29) is 6.04 Å². The minimum absolute atomic E-state index is 0.0804. The molecule has 1 rings (SSSR count). The fourth-order valence-corrected chi connectivity index (χ4v) is 2.66. The van der Waals surface area contributed by atoms with Gasteiger partial charge in [0, 0.05) is 6.04 Å². The number of nitrogens with one attached hydrogen (secondary N) is 1. The molecule has 16 heavy (non-hydrogen) atoms. The number of rotatable bonds is 6.